The third kappa shape index (κ3) is 2.59. The van der Waals surface area contributed by atoms with Crippen molar-refractivity contribution in [2.75, 3.05) is 7.05 Å². The Morgan fingerprint density at radius 2 is 2.08 bits per heavy atom. The van der Waals surface area contributed by atoms with Crippen LogP contribution in [-0.4, -0.2) is 13.0 Å². The lowest BCUT2D eigenvalue weighted by Gasteiger charge is -2.04. The molecule has 0 heterocycles. The Labute approximate surface area is 86.0 Å². The minimum atomic E-state index is -0.310. The van der Waals surface area contributed by atoms with Crippen molar-refractivity contribution in [3.8, 4) is 0 Å². The van der Waals surface area contributed by atoms with E-state index in [-0.39, 0.29) is 5.91 Å². The van der Waals surface area contributed by atoms with E-state index in [1.807, 2.05) is 0 Å². The summed E-state index contributed by atoms with van der Waals surface area (Å²) >= 11 is 11.5. The topological polar surface area (TPSA) is 41.1 Å². The molecule has 0 atom stereocenters. The van der Waals surface area contributed by atoms with Crippen LogP contribution in [0.5, 0.6) is 0 Å². The van der Waals surface area contributed by atoms with Gasteiger partial charge in [0.25, 0.3) is 5.91 Å². The molecular formula is C8H8Cl2N2O. The zero-order valence-corrected chi connectivity index (χ0v) is 8.41. The van der Waals surface area contributed by atoms with Crippen LogP contribution in [-0.2, 0) is 0 Å². The Kier molecular flexibility index (Phi) is 3.54. The van der Waals surface area contributed by atoms with Gasteiger partial charge in [-0.05, 0) is 18.2 Å². The van der Waals surface area contributed by atoms with Gasteiger partial charge in [-0.25, -0.2) is 5.43 Å². The van der Waals surface area contributed by atoms with Gasteiger partial charge in [-0.15, -0.1) is 0 Å². The van der Waals surface area contributed by atoms with Gasteiger partial charge in [0.2, 0.25) is 0 Å². The first kappa shape index (κ1) is 10.3. The van der Waals surface area contributed by atoms with Crippen LogP contribution < -0.4 is 10.9 Å². The molecule has 1 aromatic rings. The van der Waals surface area contributed by atoms with Gasteiger partial charge in [0, 0.05) is 12.1 Å². The fourth-order valence-corrected chi connectivity index (χ4v) is 1.23. The van der Waals surface area contributed by atoms with E-state index in [1.54, 1.807) is 19.2 Å². The first-order valence-electron chi connectivity index (χ1n) is 3.57. The molecule has 0 radical (unpaired) electrons. The minimum Gasteiger partial charge on any atom is -0.288 e. The standard InChI is InChI=1S/C8H8Cl2N2O/c1-11-12-8(13)6-4-5(9)2-3-7(6)10/h2-4,11H,1H3,(H,12,13). The number of hydrogen-bond acceptors (Lipinski definition) is 2. The molecule has 1 aromatic carbocycles. The second kappa shape index (κ2) is 4.46. The Bertz CT molecular complexity index is 328. The van der Waals surface area contributed by atoms with Crippen LogP contribution in [0.3, 0.4) is 0 Å². The van der Waals surface area contributed by atoms with Crippen molar-refractivity contribution in [1.82, 2.24) is 10.9 Å². The average molecular weight is 219 g/mol. The maximum atomic E-state index is 11.3. The molecule has 0 aromatic heterocycles. The summed E-state index contributed by atoms with van der Waals surface area (Å²) in [7, 11) is 1.59. The zero-order chi connectivity index (χ0) is 9.84. The van der Waals surface area contributed by atoms with E-state index < -0.39 is 0 Å². The lowest BCUT2D eigenvalue weighted by atomic mass is 10.2. The number of rotatable bonds is 2. The second-order valence-corrected chi connectivity index (χ2v) is 3.17. The Morgan fingerprint density at radius 1 is 1.38 bits per heavy atom. The summed E-state index contributed by atoms with van der Waals surface area (Å²) < 4.78 is 0. The van der Waals surface area contributed by atoms with Gasteiger partial charge in [0.1, 0.15) is 0 Å². The van der Waals surface area contributed by atoms with Gasteiger partial charge in [-0.3, -0.25) is 10.2 Å². The molecule has 0 bridgehead atoms. The molecule has 0 fully saturated rings. The van der Waals surface area contributed by atoms with Gasteiger partial charge in [0.15, 0.2) is 0 Å². The first-order chi connectivity index (χ1) is 6.15. The first-order valence-corrected chi connectivity index (χ1v) is 4.33. The highest BCUT2D eigenvalue weighted by Crippen LogP contribution is 2.20. The molecule has 70 valence electrons. The molecule has 0 spiro atoms. The molecule has 2 N–H and O–H groups in total. The van der Waals surface area contributed by atoms with Crippen LogP contribution in [0, 0.1) is 0 Å². The van der Waals surface area contributed by atoms with E-state index in [1.165, 1.54) is 6.07 Å². The van der Waals surface area contributed by atoms with E-state index in [0.717, 1.165) is 0 Å². The van der Waals surface area contributed by atoms with Crippen LogP contribution in [0.2, 0.25) is 10.0 Å². The molecule has 5 heteroatoms. The summed E-state index contributed by atoms with van der Waals surface area (Å²) in [6.07, 6.45) is 0. The van der Waals surface area contributed by atoms with Crippen molar-refractivity contribution in [2.45, 2.75) is 0 Å². The molecule has 1 rings (SSSR count). The Morgan fingerprint density at radius 3 is 2.69 bits per heavy atom. The highest BCUT2D eigenvalue weighted by Gasteiger charge is 2.09. The quantitative estimate of drug-likeness (QED) is 0.745. The van der Waals surface area contributed by atoms with Gasteiger partial charge in [-0.2, -0.15) is 0 Å². The smallest absolute Gasteiger partial charge is 0.266 e. The minimum absolute atomic E-state index is 0.310. The van der Waals surface area contributed by atoms with E-state index in [4.69, 9.17) is 23.2 Å². The fraction of sp³-hybridized carbons (Fsp3) is 0.125. The molecule has 3 nitrogen and oxygen atoms in total. The normalized spacial score (nSPS) is 9.77. The van der Waals surface area contributed by atoms with Crippen molar-refractivity contribution in [3.63, 3.8) is 0 Å². The molecule has 0 unspecified atom stereocenters. The van der Waals surface area contributed by atoms with Gasteiger partial charge >= 0.3 is 0 Å². The number of carbonyl (C=O) groups is 1. The number of halogens is 2. The highest BCUT2D eigenvalue weighted by atomic mass is 35.5. The number of amides is 1. The monoisotopic (exact) mass is 218 g/mol. The molecule has 13 heavy (non-hydrogen) atoms. The summed E-state index contributed by atoms with van der Waals surface area (Å²) in [5, 5.41) is 0.850. The summed E-state index contributed by atoms with van der Waals surface area (Å²) in [5.74, 6) is -0.310. The van der Waals surface area contributed by atoms with Crippen molar-refractivity contribution < 1.29 is 4.79 Å². The maximum Gasteiger partial charge on any atom is 0.266 e. The van der Waals surface area contributed by atoms with Crippen molar-refractivity contribution in [1.29, 1.82) is 0 Å². The number of nitrogens with one attached hydrogen (secondary N) is 2. The summed E-state index contributed by atoms with van der Waals surface area (Å²) in [6.45, 7) is 0. The SMILES string of the molecule is CNNC(=O)c1cc(Cl)ccc1Cl. The van der Waals surface area contributed by atoms with E-state index in [0.29, 0.717) is 15.6 Å². The molecule has 0 aliphatic heterocycles. The number of benzene rings is 1. The third-order valence-corrected chi connectivity index (χ3v) is 1.98. The highest BCUT2D eigenvalue weighted by molar-refractivity contribution is 6.35. The Balaban J connectivity index is 2.99. The van der Waals surface area contributed by atoms with E-state index in [2.05, 4.69) is 10.9 Å². The van der Waals surface area contributed by atoms with Crippen molar-refractivity contribution >= 4 is 29.1 Å². The van der Waals surface area contributed by atoms with Crippen LogP contribution in [0.25, 0.3) is 0 Å². The molecular weight excluding hydrogens is 211 g/mol. The van der Waals surface area contributed by atoms with E-state index >= 15 is 0 Å². The Hall–Kier alpha value is -0.770. The van der Waals surface area contributed by atoms with Crippen LogP contribution in [0.15, 0.2) is 18.2 Å². The molecule has 0 aliphatic carbocycles. The van der Waals surface area contributed by atoms with Gasteiger partial charge in [-0.1, -0.05) is 23.2 Å². The molecule has 1 amide bonds. The lowest BCUT2D eigenvalue weighted by molar-refractivity contribution is 0.0938. The van der Waals surface area contributed by atoms with Gasteiger partial charge in [0.05, 0.1) is 10.6 Å². The summed E-state index contributed by atoms with van der Waals surface area (Å²) in [5.41, 5.74) is 5.26. The largest absolute Gasteiger partial charge is 0.288 e. The lowest BCUT2D eigenvalue weighted by Crippen LogP contribution is -2.34. The molecule has 0 saturated carbocycles. The summed E-state index contributed by atoms with van der Waals surface area (Å²) in [6, 6.07) is 4.71. The van der Waals surface area contributed by atoms with Gasteiger partial charge < -0.3 is 0 Å². The van der Waals surface area contributed by atoms with E-state index in [9.17, 15) is 4.79 Å². The van der Waals surface area contributed by atoms with Crippen molar-refractivity contribution in [2.24, 2.45) is 0 Å². The molecule has 0 aliphatic rings. The van der Waals surface area contributed by atoms with Crippen LogP contribution in [0.4, 0.5) is 0 Å². The second-order valence-electron chi connectivity index (χ2n) is 2.33. The zero-order valence-electron chi connectivity index (χ0n) is 6.90. The number of carbonyl (C=O) groups excluding carboxylic acids is 1. The maximum absolute atomic E-state index is 11.3. The van der Waals surface area contributed by atoms with Crippen LogP contribution in [0.1, 0.15) is 10.4 Å². The predicted molar refractivity (Wildman–Crippen MR) is 53.0 cm³/mol. The number of hydrogen-bond donors (Lipinski definition) is 2. The average Bonchev–Trinajstić information content (AvgIpc) is 2.09. The summed E-state index contributed by atoms with van der Waals surface area (Å²) in [4.78, 5) is 11.3. The van der Waals surface area contributed by atoms with Crippen molar-refractivity contribution in [3.05, 3.63) is 33.8 Å². The fourth-order valence-electron chi connectivity index (χ4n) is 0.852. The predicted octanol–water partition coefficient (Wildman–Crippen LogP) is 1.86. The van der Waals surface area contributed by atoms with Crippen LogP contribution >= 0.6 is 23.2 Å². The third-order valence-electron chi connectivity index (χ3n) is 1.41. The molecule has 0 saturated heterocycles. The number of hydrazine groups is 1.